The number of nitrogens with zero attached hydrogens (tertiary/aromatic N) is 3. The molecule has 2 heterocycles. The van der Waals surface area contributed by atoms with Gasteiger partial charge < -0.3 is 10.2 Å². The number of rotatable bonds is 4. The summed E-state index contributed by atoms with van der Waals surface area (Å²) in [5.74, 6) is 0.782. The Morgan fingerprint density at radius 3 is 2.71 bits per heavy atom. The molecule has 1 aromatic heterocycles. The lowest BCUT2D eigenvalue weighted by Crippen LogP contribution is -2.42. The summed E-state index contributed by atoms with van der Waals surface area (Å²) in [6.45, 7) is 4.33. The third-order valence-electron chi connectivity index (χ3n) is 4.53. The normalized spacial score (nSPS) is 15.3. The maximum absolute atomic E-state index is 13.6. The van der Waals surface area contributed by atoms with Gasteiger partial charge in [0.25, 0.3) is 0 Å². The number of anilines is 1. The van der Waals surface area contributed by atoms with Crippen LogP contribution in [0.15, 0.2) is 36.5 Å². The fourth-order valence-corrected chi connectivity index (χ4v) is 2.96. The van der Waals surface area contributed by atoms with Crippen molar-refractivity contribution in [1.82, 2.24) is 10.3 Å². The predicted octanol–water partition coefficient (Wildman–Crippen LogP) is 3.16. The van der Waals surface area contributed by atoms with Gasteiger partial charge in [0.05, 0.1) is 5.56 Å². The minimum absolute atomic E-state index is 0.143. The van der Waals surface area contributed by atoms with E-state index in [-0.39, 0.29) is 5.82 Å². The molecule has 4 nitrogen and oxygen atoms in total. The molecule has 1 aromatic carbocycles. The number of hydrogen-bond donors (Lipinski definition) is 1. The van der Waals surface area contributed by atoms with Gasteiger partial charge in [-0.2, -0.15) is 5.26 Å². The second-order valence-corrected chi connectivity index (χ2v) is 6.24. The van der Waals surface area contributed by atoms with Gasteiger partial charge >= 0.3 is 0 Å². The Kier molecular flexibility index (Phi) is 5.07. The number of nitrogens with one attached hydrogen (secondary N) is 1. The molecule has 0 unspecified atom stereocenters. The van der Waals surface area contributed by atoms with E-state index in [1.54, 1.807) is 25.3 Å². The Balaban J connectivity index is 1.49. The lowest BCUT2D eigenvalue weighted by Gasteiger charge is -2.33. The molecular formula is C19H21FN4. The van der Waals surface area contributed by atoms with Crippen molar-refractivity contribution in [3.8, 4) is 6.07 Å². The van der Waals surface area contributed by atoms with E-state index < -0.39 is 0 Å². The zero-order valence-corrected chi connectivity index (χ0v) is 13.8. The van der Waals surface area contributed by atoms with Crippen LogP contribution in [0.25, 0.3) is 0 Å². The van der Waals surface area contributed by atoms with Crippen molar-refractivity contribution < 1.29 is 4.39 Å². The molecule has 3 rings (SSSR count). The van der Waals surface area contributed by atoms with Crippen molar-refractivity contribution in [2.24, 2.45) is 0 Å². The first-order valence-corrected chi connectivity index (χ1v) is 8.25. The van der Waals surface area contributed by atoms with Gasteiger partial charge in [0, 0.05) is 31.9 Å². The summed E-state index contributed by atoms with van der Waals surface area (Å²) in [4.78, 5) is 6.59. The fraction of sp³-hybridized carbons (Fsp3) is 0.368. The van der Waals surface area contributed by atoms with E-state index >= 15 is 0 Å². The molecule has 5 heteroatoms. The Hall–Kier alpha value is -2.45. The summed E-state index contributed by atoms with van der Waals surface area (Å²) >= 11 is 0. The number of aryl methyl sites for hydroxylation is 1. The van der Waals surface area contributed by atoms with Crippen LogP contribution >= 0.6 is 0 Å². The molecule has 0 atom stereocenters. The summed E-state index contributed by atoms with van der Waals surface area (Å²) in [6, 6.07) is 11.6. The molecule has 0 spiro atoms. The van der Waals surface area contributed by atoms with Gasteiger partial charge in [-0.15, -0.1) is 0 Å². The van der Waals surface area contributed by atoms with Gasteiger partial charge in [-0.1, -0.05) is 12.1 Å². The van der Waals surface area contributed by atoms with E-state index in [9.17, 15) is 4.39 Å². The van der Waals surface area contributed by atoms with Crippen molar-refractivity contribution in [3.63, 3.8) is 0 Å². The van der Waals surface area contributed by atoms with Gasteiger partial charge in [0.2, 0.25) is 0 Å². The van der Waals surface area contributed by atoms with Crippen LogP contribution in [-0.2, 0) is 6.54 Å². The van der Waals surface area contributed by atoms with E-state index in [0.717, 1.165) is 37.3 Å². The molecule has 0 bridgehead atoms. The predicted molar refractivity (Wildman–Crippen MR) is 92.2 cm³/mol. The Bertz CT molecular complexity index is 728. The first-order chi connectivity index (χ1) is 11.7. The summed E-state index contributed by atoms with van der Waals surface area (Å²) in [5, 5.41) is 12.3. The van der Waals surface area contributed by atoms with Crippen LogP contribution in [0.5, 0.6) is 0 Å². The lowest BCUT2D eigenvalue weighted by molar-refractivity contribution is 0.412. The van der Waals surface area contributed by atoms with Crippen LogP contribution in [0.3, 0.4) is 0 Å². The van der Waals surface area contributed by atoms with Crippen molar-refractivity contribution in [2.45, 2.75) is 32.4 Å². The zero-order valence-electron chi connectivity index (χ0n) is 13.8. The minimum atomic E-state index is -0.143. The van der Waals surface area contributed by atoms with Crippen LogP contribution in [0.4, 0.5) is 10.2 Å². The summed E-state index contributed by atoms with van der Waals surface area (Å²) in [6.07, 6.45) is 3.66. The van der Waals surface area contributed by atoms with Gasteiger partial charge in [0.15, 0.2) is 0 Å². The van der Waals surface area contributed by atoms with Crippen molar-refractivity contribution >= 4 is 5.82 Å². The maximum atomic E-state index is 13.6. The van der Waals surface area contributed by atoms with Crippen molar-refractivity contribution in [1.29, 1.82) is 5.26 Å². The molecule has 24 heavy (non-hydrogen) atoms. The molecule has 1 aliphatic heterocycles. The molecule has 0 aliphatic carbocycles. The van der Waals surface area contributed by atoms with E-state index in [4.69, 9.17) is 5.26 Å². The zero-order chi connectivity index (χ0) is 16.9. The van der Waals surface area contributed by atoms with Crippen LogP contribution in [0, 0.1) is 24.1 Å². The summed E-state index contributed by atoms with van der Waals surface area (Å²) in [7, 11) is 0. The Morgan fingerprint density at radius 1 is 1.29 bits per heavy atom. The third-order valence-corrected chi connectivity index (χ3v) is 4.53. The number of pyridine rings is 1. The first-order valence-electron chi connectivity index (χ1n) is 8.25. The first kappa shape index (κ1) is 16.4. The van der Waals surface area contributed by atoms with Crippen LogP contribution in [-0.4, -0.2) is 24.1 Å². The summed E-state index contributed by atoms with van der Waals surface area (Å²) in [5.41, 5.74) is 2.25. The number of aromatic nitrogens is 1. The SMILES string of the molecule is Cc1ccc(CNC2CCN(c3ccc(C#N)cn3)CC2)cc1F. The molecule has 0 saturated carbocycles. The maximum Gasteiger partial charge on any atom is 0.128 e. The average molecular weight is 324 g/mol. The highest BCUT2D eigenvalue weighted by Gasteiger charge is 2.19. The number of piperidine rings is 1. The van der Waals surface area contributed by atoms with E-state index in [0.29, 0.717) is 23.7 Å². The topological polar surface area (TPSA) is 52.0 Å². The molecule has 1 fully saturated rings. The van der Waals surface area contributed by atoms with E-state index in [1.165, 1.54) is 0 Å². The third kappa shape index (κ3) is 3.90. The highest BCUT2D eigenvalue weighted by atomic mass is 19.1. The van der Waals surface area contributed by atoms with Gasteiger partial charge in [-0.25, -0.2) is 9.37 Å². The number of benzene rings is 1. The Labute approximate surface area is 141 Å². The highest BCUT2D eigenvalue weighted by molar-refractivity contribution is 5.42. The van der Waals surface area contributed by atoms with Crippen molar-refractivity contribution in [3.05, 3.63) is 59.0 Å². The fourth-order valence-electron chi connectivity index (χ4n) is 2.96. The van der Waals surface area contributed by atoms with Crippen LogP contribution < -0.4 is 10.2 Å². The smallest absolute Gasteiger partial charge is 0.128 e. The monoisotopic (exact) mass is 324 g/mol. The highest BCUT2D eigenvalue weighted by Crippen LogP contribution is 2.18. The second-order valence-electron chi connectivity index (χ2n) is 6.24. The molecule has 1 N–H and O–H groups in total. The summed E-state index contributed by atoms with van der Waals surface area (Å²) < 4.78 is 13.6. The molecule has 0 amide bonds. The van der Waals surface area contributed by atoms with E-state index in [1.807, 2.05) is 18.2 Å². The molecular weight excluding hydrogens is 303 g/mol. The largest absolute Gasteiger partial charge is 0.357 e. The Morgan fingerprint density at radius 2 is 2.08 bits per heavy atom. The lowest BCUT2D eigenvalue weighted by atomic mass is 10.0. The van der Waals surface area contributed by atoms with Gasteiger partial charge in [-0.3, -0.25) is 0 Å². The number of halogens is 1. The van der Waals surface area contributed by atoms with Gasteiger partial charge in [-0.05, 0) is 49.1 Å². The second kappa shape index (κ2) is 7.41. The van der Waals surface area contributed by atoms with E-state index in [2.05, 4.69) is 21.3 Å². The standard InChI is InChI=1S/C19H21FN4/c1-14-2-3-15(10-18(14)20)12-22-17-6-8-24(9-7-17)19-5-4-16(11-21)13-23-19/h2-5,10,13,17,22H,6-9,12H2,1H3. The average Bonchev–Trinajstić information content (AvgIpc) is 2.63. The van der Waals surface area contributed by atoms with Crippen LogP contribution in [0.1, 0.15) is 29.5 Å². The number of hydrogen-bond acceptors (Lipinski definition) is 4. The molecule has 1 saturated heterocycles. The molecule has 2 aromatic rings. The molecule has 124 valence electrons. The minimum Gasteiger partial charge on any atom is -0.357 e. The van der Waals surface area contributed by atoms with Crippen LogP contribution in [0.2, 0.25) is 0 Å². The van der Waals surface area contributed by atoms with Crippen molar-refractivity contribution in [2.75, 3.05) is 18.0 Å². The number of nitriles is 1. The molecule has 1 aliphatic rings. The molecule has 0 radical (unpaired) electrons. The quantitative estimate of drug-likeness (QED) is 0.938. The van der Waals surface area contributed by atoms with Gasteiger partial charge in [0.1, 0.15) is 17.7 Å².